The highest BCUT2D eigenvalue weighted by Crippen LogP contribution is 2.29. The Balaban J connectivity index is 2.34. The second kappa shape index (κ2) is 5.82. The van der Waals surface area contributed by atoms with Crippen LogP contribution >= 0.6 is 15.9 Å². The molecule has 1 atom stereocenters. The highest BCUT2D eigenvalue weighted by molar-refractivity contribution is 9.10. The van der Waals surface area contributed by atoms with E-state index in [9.17, 15) is 5.11 Å². The summed E-state index contributed by atoms with van der Waals surface area (Å²) in [5.74, 6) is 0. The number of aliphatic hydroxyl groups is 1. The van der Waals surface area contributed by atoms with E-state index in [0.717, 1.165) is 22.3 Å². The molecule has 94 valence electrons. The Bertz CT molecular complexity index is 387. The second-order valence-corrected chi connectivity index (χ2v) is 4.90. The number of rotatable bonds is 3. The molecule has 0 bridgehead atoms. The maximum absolute atomic E-state index is 9.39. The van der Waals surface area contributed by atoms with Crippen LogP contribution in [0.15, 0.2) is 22.7 Å². The van der Waals surface area contributed by atoms with Gasteiger partial charge in [-0.2, -0.15) is 0 Å². The summed E-state index contributed by atoms with van der Waals surface area (Å²) in [7, 11) is 0. The smallest absolute Gasteiger partial charge is 0.0755 e. The minimum atomic E-state index is 0.0170. The van der Waals surface area contributed by atoms with Crippen molar-refractivity contribution in [2.24, 2.45) is 5.73 Å². The maximum Gasteiger partial charge on any atom is 0.0755 e. The van der Waals surface area contributed by atoms with E-state index in [1.54, 1.807) is 0 Å². The van der Waals surface area contributed by atoms with Crippen molar-refractivity contribution >= 4 is 21.6 Å². The van der Waals surface area contributed by atoms with Gasteiger partial charge in [0.05, 0.1) is 25.9 Å². The highest BCUT2D eigenvalue weighted by Gasteiger charge is 2.24. The van der Waals surface area contributed by atoms with Gasteiger partial charge in [-0.1, -0.05) is 22.0 Å². The van der Waals surface area contributed by atoms with Crippen LogP contribution in [0.2, 0.25) is 0 Å². The van der Waals surface area contributed by atoms with E-state index in [1.807, 2.05) is 18.2 Å². The number of hydrogen-bond acceptors (Lipinski definition) is 4. The third-order valence-corrected chi connectivity index (χ3v) is 3.79. The van der Waals surface area contributed by atoms with Gasteiger partial charge in [0.15, 0.2) is 0 Å². The standard InChI is InChI=1S/C12H17BrN2O2/c13-11-2-1-3-12(10(11)6-14)15-4-5-17-8-9(15)7-16/h1-3,9,16H,4-8,14H2. The zero-order valence-electron chi connectivity index (χ0n) is 9.60. The number of anilines is 1. The van der Waals surface area contributed by atoms with Gasteiger partial charge in [0, 0.05) is 28.8 Å². The summed E-state index contributed by atoms with van der Waals surface area (Å²) in [6, 6.07) is 6.03. The Labute approximate surface area is 109 Å². The van der Waals surface area contributed by atoms with Crippen LogP contribution in [0.4, 0.5) is 5.69 Å². The van der Waals surface area contributed by atoms with Crippen molar-refractivity contribution in [2.75, 3.05) is 31.3 Å². The molecule has 0 aromatic heterocycles. The summed E-state index contributed by atoms with van der Waals surface area (Å²) in [4.78, 5) is 2.18. The number of benzene rings is 1. The molecule has 1 aliphatic heterocycles. The van der Waals surface area contributed by atoms with E-state index < -0.39 is 0 Å². The van der Waals surface area contributed by atoms with Crippen molar-refractivity contribution in [3.8, 4) is 0 Å². The number of nitrogens with zero attached hydrogens (tertiary/aromatic N) is 1. The van der Waals surface area contributed by atoms with E-state index in [-0.39, 0.29) is 12.6 Å². The van der Waals surface area contributed by atoms with Gasteiger partial charge in [-0.25, -0.2) is 0 Å². The van der Waals surface area contributed by atoms with Gasteiger partial charge < -0.3 is 20.5 Å². The number of halogens is 1. The number of aliphatic hydroxyl groups excluding tert-OH is 1. The van der Waals surface area contributed by atoms with Crippen LogP contribution in [-0.2, 0) is 11.3 Å². The highest BCUT2D eigenvalue weighted by atomic mass is 79.9. The average Bonchev–Trinajstić information content (AvgIpc) is 2.38. The summed E-state index contributed by atoms with van der Waals surface area (Å²) >= 11 is 3.52. The third-order valence-electron chi connectivity index (χ3n) is 3.05. The molecule has 2 rings (SSSR count). The van der Waals surface area contributed by atoms with Crippen molar-refractivity contribution in [2.45, 2.75) is 12.6 Å². The molecule has 1 aromatic rings. The fourth-order valence-electron chi connectivity index (χ4n) is 2.14. The molecule has 1 aromatic carbocycles. The molecule has 3 N–H and O–H groups in total. The summed E-state index contributed by atoms with van der Waals surface area (Å²) in [5.41, 5.74) is 7.96. The van der Waals surface area contributed by atoms with E-state index in [2.05, 4.69) is 20.8 Å². The Morgan fingerprint density at radius 3 is 3.06 bits per heavy atom. The molecule has 1 aliphatic rings. The van der Waals surface area contributed by atoms with Crippen LogP contribution < -0.4 is 10.6 Å². The Kier molecular flexibility index (Phi) is 4.39. The van der Waals surface area contributed by atoms with Crippen molar-refractivity contribution in [3.63, 3.8) is 0 Å². The first-order valence-corrected chi connectivity index (χ1v) is 6.50. The molecule has 0 amide bonds. The molecule has 5 heteroatoms. The van der Waals surface area contributed by atoms with E-state index in [0.29, 0.717) is 19.8 Å². The molecule has 0 spiro atoms. The van der Waals surface area contributed by atoms with Gasteiger partial charge in [0.1, 0.15) is 0 Å². The number of ether oxygens (including phenoxy) is 1. The van der Waals surface area contributed by atoms with Crippen LogP contribution in [0, 0.1) is 0 Å². The van der Waals surface area contributed by atoms with Gasteiger partial charge in [0.2, 0.25) is 0 Å². The lowest BCUT2D eigenvalue weighted by molar-refractivity contribution is 0.0726. The molecule has 4 nitrogen and oxygen atoms in total. The first kappa shape index (κ1) is 12.8. The normalized spacial score (nSPS) is 20.6. The molecule has 1 fully saturated rings. The van der Waals surface area contributed by atoms with Crippen molar-refractivity contribution in [1.82, 2.24) is 0 Å². The van der Waals surface area contributed by atoms with Crippen LogP contribution in [0.25, 0.3) is 0 Å². The van der Waals surface area contributed by atoms with E-state index in [4.69, 9.17) is 10.5 Å². The van der Waals surface area contributed by atoms with Crippen LogP contribution in [0.1, 0.15) is 5.56 Å². The second-order valence-electron chi connectivity index (χ2n) is 4.05. The maximum atomic E-state index is 9.39. The van der Waals surface area contributed by atoms with Crippen molar-refractivity contribution < 1.29 is 9.84 Å². The molecule has 17 heavy (non-hydrogen) atoms. The van der Waals surface area contributed by atoms with Gasteiger partial charge in [-0.05, 0) is 12.1 Å². The summed E-state index contributed by atoms with van der Waals surface area (Å²) < 4.78 is 6.40. The average molecular weight is 301 g/mol. The van der Waals surface area contributed by atoms with E-state index in [1.165, 1.54) is 0 Å². The lowest BCUT2D eigenvalue weighted by Gasteiger charge is -2.37. The van der Waals surface area contributed by atoms with Crippen LogP contribution in [0.3, 0.4) is 0 Å². The fraction of sp³-hybridized carbons (Fsp3) is 0.500. The van der Waals surface area contributed by atoms with E-state index >= 15 is 0 Å². The van der Waals surface area contributed by atoms with Gasteiger partial charge in [0.25, 0.3) is 0 Å². The quantitative estimate of drug-likeness (QED) is 0.878. The van der Waals surface area contributed by atoms with Gasteiger partial charge >= 0.3 is 0 Å². The predicted octanol–water partition coefficient (Wildman–Crippen LogP) is 1.11. The predicted molar refractivity (Wildman–Crippen MR) is 71.1 cm³/mol. The molecular formula is C12H17BrN2O2. The molecule has 1 heterocycles. The first-order chi connectivity index (χ1) is 8.27. The SMILES string of the molecule is NCc1c(Br)cccc1N1CCOCC1CO. The van der Waals surface area contributed by atoms with Crippen molar-refractivity contribution in [3.05, 3.63) is 28.2 Å². The number of hydrogen-bond donors (Lipinski definition) is 2. The third kappa shape index (κ3) is 2.63. The monoisotopic (exact) mass is 300 g/mol. The Hall–Kier alpha value is -0.620. The fourth-order valence-corrected chi connectivity index (χ4v) is 2.66. The minimum Gasteiger partial charge on any atom is -0.394 e. The largest absolute Gasteiger partial charge is 0.394 e. The summed E-state index contributed by atoms with van der Waals surface area (Å²) in [6.45, 7) is 2.61. The molecule has 0 aliphatic carbocycles. The van der Waals surface area contributed by atoms with Gasteiger partial charge in [-0.15, -0.1) is 0 Å². The Morgan fingerprint density at radius 1 is 1.53 bits per heavy atom. The van der Waals surface area contributed by atoms with Gasteiger partial charge in [-0.3, -0.25) is 0 Å². The molecule has 0 radical (unpaired) electrons. The first-order valence-electron chi connectivity index (χ1n) is 5.70. The molecular weight excluding hydrogens is 284 g/mol. The summed E-state index contributed by atoms with van der Waals surface area (Å²) in [5, 5.41) is 9.39. The lowest BCUT2D eigenvalue weighted by Crippen LogP contribution is -2.48. The van der Waals surface area contributed by atoms with Crippen molar-refractivity contribution in [1.29, 1.82) is 0 Å². The topological polar surface area (TPSA) is 58.7 Å². The molecule has 1 saturated heterocycles. The van der Waals surface area contributed by atoms with Crippen LogP contribution in [0.5, 0.6) is 0 Å². The zero-order valence-corrected chi connectivity index (χ0v) is 11.2. The number of nitrogens with two attached hydrogens (primary N) is 1. The van der Waals surface area contributed by atoms with Crippen LogP contribution in [-0.4, -0.2) is 37.5 Å². The number of morpholine rings is 1. The Morgan fingerprint density at radius 2 is 2.35 bits per heavy atom. The molecule has 1 unspecified atom stereocenters. The molecule has 0 saturated carbocycles. The summed E-state index contributed by atoms with van der Waals surface area (Å²) in [6.07, 6.45) is 0. The lowest BCUT2D eigenvalue weighted by atomic mass is 10.1. The zero-order chi connectivity index (χ0) is 12.3. The minimum absolute atomic E-state index is 0.0170.